The number of pyridine rings is 4. The third-order valence-corrected chi connectivity index (χ3v) is 5.05. The van der Waals surface area contributed by atoms with Crippen LogP contribution >= 0.6 is 0 Å². The van der Waals surface area contributed by atoms with Crippen molar-refractivity contribution < 1.29 is 13.2 Å². The zero-order valence-corrected chi connectivity index (χ0v) is 16.9. The number of nitrogens with zero attached hydrogens (tertiary/aromatic N) is 4. The molecular formula is C24H20F3N5. The van der Waals surface area contributed by atoms with Gasteiger partial charge in [-0.2, -0.15) is 13.2 Å². The Labute approximate surface area is 183 Å². The Bertz CT molecular complexity index is 1080. The van der Waals surface area contributed by atoms with Gasteiger partial charge in [-0.05, 0) is 47.0 Å². The van der Waals surface area contributed by atoms with Crippen LogP contribution in [0.4, 0.5) is 13.2 Å². The standard InChI is InChI=1S/C24H20F3N5/c25-24(26,27)16-32-23(20-8-4-12-31-22(20)19-7-3-11-30-15-19)21(17-5-1-9-28-13-17)18-6-2-10-29-14-18/h1-15,21,23,32H,16H2. The Balaban J connectivity index is 1.89. The molecule has 4 aromatic rings. The van der Waals surface area contributed by atoms with Gasteiger partial charge < -0.3 is 5.32 Å². The van der Waals surface area contributed by atoms with Crippen LogP contribution in [0.15, 0.2) is 91.9 Å². The van der Waals surface area contributed by atoms with E-state index in [0.717, 1.165) is 16.7 Å². The van der Waals surface area contributed by atoms with Crippen LogP contribution < -0.4 is 5.32 Å². The molecule has 0 aromatic carbocycles. The summed E-state index contributed by atoms with van der Waals surface area (Å²) in [7, 11) is 0. The van der Waals surface area contributed by atoms with E-state index in [1.54, 1.807) is 73.7 Å². The number of aromatic nitrogens is 4. The number of halogens is 3. The van der Waals surface area contributed by atoms with Crippen LogP contribution in [0, 0.1) is 0 Å². The van der Waals surface area contributed by atoms with Gasteiger partial charge in [0.15, 0.2) is 0 Å². The van der Waals surface area contributed by atoms with E-state index < -0.39 is 24.7 Å². The largest absolute Gasteiger partial charge is 0.401 e. The average molecular weight is 435 g/mol. The zero-order valence-electron chi connectivity index (χ0n) is 16.9. The lowest BCUT2D eigenvalue weighted by atomic mass is 9.82. The second kappa shape index (κ2) is 9.65. The van der Waals surface area contributed by atoms with Gasteiger partial charge in [-0.15, -0.1) is 0 Å². The molecule has 32 heavy (non-hydrogen) atoms. The first kappa shape index (κ1) is 21.6. The van der Waals surface area contributed by atoms with Crippen molar-refractivity contribution in [2.75, 3.05) is 6.54 Å². The Morgan fingerprint density at radius 3 is 1.88 bits per heavy atom. The topological polar surface area (TPSA) is 63.6 Å². The lowest BCUT2D eigenvalue weighted by Crippen LogP contribution is -2.36. The summed E-state index contributed by atoms with van der Waals surface area (Å²) in [6.07, 6.45) is 7.12. The second-order valence-corrected chi connectivity index (χ2v) is 7.21. The van der Waals surface area contributed by atoms with Crippen molar-refractivity contribution in [2.24, 2.45) is 0 Å². The molecule has 0 bridgehead atoms. The van der Waals surface area contributed by atoms with E-state index in [1.165, 1.54) is 0 Å². The van der Waals surface area contributed by atoms with Gasteiger partial charge in [0.25, 0.3) is 0 Å². The van der Waals surface area contributed by atoms with Gasteiger partial charge in [0, 0.05) is 60.9 Å². The first-order valence-corrected chi connectivity index (χ1v) is 9.98. The zero-order chi connectivity index (χ0) is 22.4. The van der Waals surface area contributed by atoms with E-state index in [2.05, 4.69) is 25.3 Å². The van der Waals surface area contributed by atoms with E-state index in [-0.39, 0.29) is 0 Å². The number of hydrogen-bond donors (Lipinski definition) is 1. The molecule has 0 aliphatic carbocycles. The highest BCUT2D eigenvalue weighted by atomic mass is 19.4. The van der Waals surface area contributed by atoms with Crippen molar-refractivity contribution in [3.05, 3.63) is 109 Å². The molecule has 0 saturated carbocycles. The van der Waals surface area contributed by atoms with Crippen LogP contribution in [-0.2, 0) is 0 Å². The van der Waals surface area contributed by atoms with Crippen molar-refractivity contribution in [1.82, 2.24) is 25.3 Å². The fourth-order valence-corrected chi connectivity index (χ4v) is 3.74. The molecule has 4 rings (SSSR count). The Morgan fingerprint density at radius 1 is 0.750 bits per heavy atom. The number of alkyl halides is 3. The summed E-state index contributed by atoms with van der Waals surface area (Å²) in [6.45, 7) is -1.16. The fraction of sp³-hybridized carbons (Fsp3) is 0.167. The second-order valence-electron chi connectivity index (χ2n) is 7.21. The average Bonchev–Trinajstić information content (AvgIpc) is 2.83. The molecule has 0 aliphatic rings. The molecule has 0 aliphatic heterocycles. The molecule has 0 amide bonds. The van der Waals surface area contributed by atoms with Crippen molar-refractivity contribution in [3.8, 4) is 11.3 Å². The van der Waals surface area contributed by atoms with Crippen molar-refractivity contribution >= 4 is 0 Å². The first-order chi connectivity index (χ1) is 15.5. The van der Waals surface area contributed by atoms with Crippen LogP contribution in [0.25, 0.3) is 11.3 Å². The summed E-state index contributed by atoms with van der Waals surface area (Å²) in [6, 6.07) is 13.6. The van der Waals surface area contributed by atoms with Crippen LogP contribution in [0.1, 0.15) is 28.7 Å². The van der Waals surface area contributed by atoms with E-state index in [1.807, 2.05) is 18.2 Å². The third-order valence-electron chi connectivity index (χ3n) is 5.05. The van der Waals surface area contributed by atoms with Gasteiger partial charge in [-0.3, -0.25) is 19.9 Å². The van der Waals surface area contributed by atoms with E-state index in [9.17, 15) is 13.2 Å². The van der Waals surface area contributed by atoms with Crippen molar-refractivity contribution in [1.29, 1.82) is 0 Å². The molecular weight excluding hydrogens is 415 g/mol. The predicted octanol–water partition coefficient (Wildman–Crippen LogP) is 4.96. The predicted molar refractivity (Wildman–Crippen MR) is 115 cm³/mol. The van der Waals surface area contributed by atoms with Gasteiger partial charge in [0.05, 0.1) is 12.2 Å². The lowest BCUT2D eigenvalue weighted by Gasteiger charge is -2.30. The molecule has 5 nitrogen and oxygen atoms in total. The summed E-state index contributed by atoms with van der Waals surface area (Å²) in [5, 5.41) is 2.74. The van der Waals surface area contributed by atoms with Crippen molar-refractivity contribution in [3.63, 3.8) is 0 Å². The normalized spacial score (nSPS) is 12.6. The van der Waals surface area contributed by atoms with Gasteiger partial charge in [-0.25, -0.2) is 0 Å². The maximum Gasteiger partial charge on any atom is 0.401 e. The smallest absolute Gasteiger partial charge is 0.301 e. The molecule has 1 N–H and O–H groups in total. The maximum atomic E-state index is 13.3. The summed E-state index contributed by atoms with van der Waals surface area (Å²) in [5.74, 6) is -0.487. The minimum atomic E-state index is -4.39. The summed E-state index contributed by atoms with van der Waals surface area (Å²) in [4.78, 5) is 17.0. The quantitative estimate of drug-likeness (QED) is 0.445. The Hall–Kier alpha value is -3.65. The molecule has 8 heteroatoms. The number of rotatable bonds is 7. The molecule has 0 spiro atoms. The van der Waals surface area contributed by atoms with Crippen LogP contribution in [0.5, 0.6) is 0 Å². The third kappa shape index (κ3) is 5.15. The fourth-order valence-electron chi connectivity index (χ4n) is 3.74. The molecule has 1 unspecified atom stereocenters. The first-order valence-electron chi connectivity index (χ1n) is 9.98. The summed E-state index contributed by atoms with van der Waals surface area (Å²) >= 11 is 0. The van der Waals surface area contributed by atoms with Gasteiger partial charge in [-0.1, -0.05) is 18.2 Å². The van der Waals surface area contributed by atoms with Crippen LogP contribution in [-0.4, -0.2) is 32.7 Å². The maximum absolute atomic E-state index is 13.3. The lowest BCUT2D eigenvalue weighted by molar-refractivity contribution is -0.126. The molecule has 4 aromatic heterocycles. The monoisotopic (exact) mass is 435 g/mol. The Kier molecular flexibility index (Phi) is 6.51. The highest BCUT2D eigenvalue weighted by molar-refractivity contribution is 5.63. The molecule has 162 valence electrons. The highest BCUT2D eigenvalue weighted by Crippen LogP contribution is 2.39. The van der Waals surface area contributed by atoms with Crippen molar-refractivity contribution in [2.45, 2.75) is 18.1 Å². The van der Waals surface area contributed by atoms with E-state index in [4.69, 9.17) is 0 Å². The summed E-state index contributed by atoms with van der Waals surface area (Å²) in [5.41, 5.74) is 3.45. The van der Waals surface area contributed by atoms with Crippen LogP contribution in [0.2, 0.25) is 0 Å². The van der Waals surface area contributed by atoms with E-state index in [0.29, 0.717) is 11.3 Å². The highest BCUT2D eigenvalue weighted by Gasteiger charge is 2.34. The minimum absolute atomic E-state index is 0.487. The minimum Gasteiger partial charge on any atom is -0.301 e. The molecule has 0 fully saturated rings. The summed E-state index contributed by atoms with van der Waals surface area (Å²) < 4.78 is 39.9. The molecule has 0 radical (unpaired) electrons. The van der Waals surface area contributed by atoms with Crippen LogP contribution in [0.3, 0.4) is 0 Å². The number of nitrogens with one attached hydrogen (secondary N) is 1. The molecule has 0 saturated heterocycles. The van der Waals surface area contributed by atoms with Gasteiger partial charge in [0.1, 0.15) is 0 Å². The van der Waals surface area contributed by atoms with Gasteiger partial charge >= 0.3 is 6.18 Å². The SMILES string of the molecule is FC(F)(F)CNC(c1cccnc1-c1cccnc1)C(c1cccnc1)c1cccnc1. The molecule has 4 heterocycles. The Morgan fingerprint density at radius 2 is 1.34 bits per heavy atom. The van der Waals surface area contributed by atoms with Gasteiger partial charge in [0.2, 0.25) is 0 Å². The molecule has 1 atom stereocenters. The number of hydrogen-bond acceptors (Lipinski definition) is 5. The van der Waals surface area contributed by atoms with E-state index >= 15 is 0 Å².